The summed E-state index contributed by atoms with van der Waals surface area (Å²) in [5.41, 5.74) is 2.92. The molecule has 0 aliphatic carbocycles. The number of ether oxygens (including phenoxy) is 2. The van der Waals surface area contributed by atoms with Crippen LogP contribution in [0.3, 0.4) is 0 Å². The van der Waals surface area contributed by atoms with E-state index in [9.17, 15) is 13.6 Å². The topological polar surface area (TPSA) is 77.2 Å². The zero-order valence-electron chi connectivity index (χ0n) is 16.4. The molecule has 1 aromatic heterocycles. The summed E-state index contributed by atoms with van der Waals surface area (Å²) < 4.78 is 36.1. The molecule has 0 radical (unpaired) electrons. The van der Waals surface area contributed by atoms with Gasteiger partial charge in [0.05, 0.1) is 17.6 Å². The van der Waals surface area contributed by atoms with Crippen LogP contribution in [0, 0.1) is 0 Å². The third-order valence-corrected chi connectivity index (χ3v) is 5.17. The van der Waals surface area contributed by atoms with E-state index in [1.807, 2.05) is 24.4 Å². The van der Waals surface area contributed by atoms with Gasteiger partial charge in [0.1, 0.15) is 11.5 Å². The van der Waals surface area contributed by atoms with Crippen LogP contribution in [-0.4, -0.2) is 36.6 Å². The molecule has 31 heavy (non-hydrogen) atoms. The first kappa shape index (κ1) is 20.7. The quantitative estimate of drug-likeness (QED) is 0.585. The van der Waals surface area contributed by atoms with Crippen molar-refractivity contribution in [2.24, 2.45) is 10.1 Å². The summed E-state index contributed by atoms with van der Waals surface area (Å²) in [6, 6.07) is 11.7. The highest BCUT2D eigenvalue weighted by Gasteiger charge is 2.17. The molecule has 1 amide bonds. The van der Waals surface area contributed by atoms with Gasteiger partial charge in [-0.3, -0.25) is 9.79 Å². The van der Waals surface area contributed by atoms with Crippen molar-refractivity contribution in [1.29, 1.82) is 0 Å². The Balaban J connectivity index is 1.67. The number of thiazole rings is 1. The van der Waals surface area contributed by atoms with Crippen molar-refractivity contribution >= 4 is 29.1 Å². The molecule has 1 N–H and O–H groups in total. The van der Waals surface area contributed by atoms with Crippen LogP contribution in [0.5, 0.6) is 11.5 Å². The minimum absolute atomic E-state index is 0.00420. The van der Waals surface area contributed by atoms with Crippen molar-refractivity contribution in [1.82, 2.24) is 4.68 Å². The number of carbonyl (C=O) groups excluding carboxylic acids is 1. The first-order valence-corrected chi connectivity index (χ1v) is 10.3. The Labute approximate surface area is 180 Å². The van der Waals surface area contributed by atoms with Crippen LogP contribution >= 0.6 is 11.3 Å². The van der Waals surface area contributed by atoms with Crippen LogP contribution < -0.4 is 19.6 Å². The number of hydrogen-bond acceptors (Lipinski definition) is 6. The molecule has 0 unspecified atom stereocenters. The number of carbonyl (C=O) groups is 1. The van der Waals surface area contributed by atoms with Crippen molar-refractivity contribution in [2.45, 2.75) is 13.5 Å². The zero-order valence-corrected chi connectivity index (χ0v) is 17.2. The van der Waals surface area contributed by atoms with E-state index >= 15 is 0 Å². The Bertz CT molecular complexity index is 1190. The van der Waals surface area contributed by atoms with Crippen molar-refractivity contribution in [3.05, 3.63) is 58.2 Å². The van der Waals surface area contributed by atoms with Gasteiger partial charge in [0, 0.05) is 17.5 Å². The molecule has 2 aromatic carbocycles. The lowest BCUT2D eigenvalue weighted by Crippen LogP contribution is -2.25. The number of anilines is 1. The molecule has 0 spiro atoms. The number of aromatic nitrogens is 1. The number of hydrogen-bond donors (Lipinski definition) is 1. The second-order valence-electron chi connectivity index (χ2n) is 6.43. The number of nitrogens with zero attached hydrogens (tertiary/aromatic N) is 3. The van der Waals surface area contributed by atoms with Crippen molar-refractivity contribution in [3.63, 3.8) is 0 Å². The lowest BCUT2D eigenvalue weighted by atomic mass is 10.1. The summed E-state index contributed by atoms with van der Waals surface area (Å²) in [5, 5.41) is 9.28. The Kier molecular flexibility index (Phi) is 6.08. The van der Waals surface area contributed by atoms with Gasteiger partial charge in [0.15, 0.2) is 6.61 Å². The molecule has 160 valence electrons. The predicted octanol–water partition coefficient (Wildman–Crippen LogP) is 3.95. The van der Waals surface area contributed by atoms with Crippen LogP contribution in [-0.2, 0) is 4.79 Å². The van der Waals surface area contributed by atoms with Crippen molar-refractivity contribution < 1.29 is 23.0 Å². The molecule has 0 fully saturated rings. The van der Waals surface area contributed by atoms with Crippen molar-refractivity contribution in [2.75, 3.05) is 18.5 Å². The Morgan fingerprint density at radius 1 is 1.29 bits per heavy atom. The van der Waals surface area contributed by atoms with E-state index in [4.69, 9.17) is 4.74 Å². The van der Waals surface area contributed by atoms with E-state index in [-0.39, 0.29) is 18.3 Å². The monoisotopic (exact) mass is 444 g/mol. The van der Waals surface area contributed by atoms with Gasteiger partial charge in [0.2, 0.25) is 4.80 Å². The largest absolute Gasteiger partial charge is 0.482 e. The van der Waals surface area contributed by atoms with E-state index in [1.54, 1.807) is 29.1 Å². The number of fused-ring (bicyclic) bond motifs is 1. The molecule has 1 aliphatic heterocycles. The summed E-state index contributed by atoms with van der Waals surface area (Å²) in [5.74, 6) is 0.482. The molecule has 10 heteroatoms. The highest BCUT2D eigenvalue weighted by Crippen LogP contribution is 2.32. The molecule has 2 heterocycles. The van der Waals surface area contributed by atoms with Gasteiger partial charge < -0.3 is 14.8 Å². The summed E-state index contributed by atoms with van der Waals surface area (Å²) in [6.07, 6.45) is 1.61. The Hall–Kier alpha value is -3.53. The third kappa shape index (κ3) is 4.80. The molecule has 3 aromatic rings. The van der Waals surface area contributed by atoms with Gasteiger partial charge in [-0.1, -0.05) is 0 Å². The van der Waals surface area contributed by atoms with E-state index in [1.165, 1.54) is 23.5 Å². The highest BCUT2D eigenvalue weighted by atomic mass is 32.1. The molecule has 7 nitrogen and oxygen atoms in total. The highest BCUT2D eigenvalue weighted by molar-refractivity contribution is 7.07. The number of benzene rings is 2. The number of halogens is 2. The van der Waals surface area contributed by atoms with E-state index in [0.717, 1.165) is 11.3 Å². The fourth-order valence-corrected chi connectivity index (χ4v) is 3.86. The third-order valence-electron chi connectivity index (χ3n) is 4.31. The van der Waals surface area contributed by atoms with E-state index in [0.29, 0.717) is 28.3 Å². The minimum Gasteiger partial charge on any atom is -0.482 e. The summed E-state index contributed by atoms with van der Waals surface area (Å²) in [4.78, 5) is 16.8. The lowest BCUT2D eigenvalue weighted by molar-refractivity contribution is -0.118. The molecule has 0 bridgehead atoms. The number of rotatable bonds is 6. The summed E-state index contributed by atoms with van der Waals surface area (Å²) in [6.45, 7) is -0.353. The van der Waals surface area contributed by atoms with Gasteiger partial charge in [-0.15, -0.1) is 11.3 Å². The Morgan fingerprint density at radius 2 is 2.10 bits per heavy atom. The van der Waals surface area contributed by atoms with Crippen LogP contribution in [0.25, 0.3) is 11.3 Å². The average Bonchev–Trinajstić information content (AvgIpc) is 3.15. The van der Waals surface area contributed by atoms with Gasteiger partial charge in [-0.05, 0) is 55.0 Å². The smallest absolute Gasteiger partial charge is 0.387 e. The number of alkyl halides is 2. The van der Waals surface area contributed by atoms with Gasteiger partial charge >= 0.3 is 6.61 Å². The van der Waals surface area contributed by atoms with E-state index in [2.05, 4.69) is 20.1 Å². The Morgan fingerprint density at radius 3 is 2.84 bits per heavy atom. The van der Waals surface area contributed by atoms with Crippen LogP contribution in [0.15, 0.2) is 57.9 Å². The summed E-state index contributed by atoms with van der Waals surface area (Å²) in [7, 11) is 0. The van der Waals surface area contributed by atoms with Gasteiger partial charge in [-0.2, -0.15) is 13.9 Å². The standard InChI is InChI=1S/C21H18F2N4O3S/c1-2-24-21-27(25-10-13-3-6-15(7-4-13)30-20(22)23)17(12-31-21)14-5-8-18-16(9-14)26-19(28)11-29-18/h3-10,12,20H,2,11H2,1H3,(H,26,28). The van der Waals surface area contributed by atoms with Crippen LogP contribution in [0.1, 0.15) is 12.5 Å². The SMILES string of the molecule is CCN=c1scc(-c2ccc3c(c2)NC(=O)CO3)n1N=Cc1ccc(OC(F)F)cc1. The lowest BCUT2D eigenvalue weighted by Gasteiger charge is -2.18. The first-order chi connectivity index (χ1) is 15.0. The van der Waals surface area contributed by atoms with Gasteiger partial charge in [0.25, 0.3) is 5.91 Å². The van der Waals surface area contributed by atoms with E-state index < -0.39 is 6.61 Å². The molecule has 0 saturated carbocycles. The molecular formula is C21H18F2N4O3S. The molecule has 0 atom stereocenters. The van der Waals surface area contributed by atoms with Crippen LogP contribution in [0.2, 0.25) is 0 Å². The zero-order chi connectivity index (χ0) is 21.8. The van der Waals surface area contributed by atoms with Crippen LogP contribution in [0.4, 0.5) is 14.5 Å². The summed E-state index contributed by atoms with van der Waals surface area (Å²) >= 11 is 1.44. The maximum Gasteiger partial charge on any atom is 0.387 e. The predicted molar refractivity (Wildman–Crippen MR) is 114 cm³/mol. The molecule has 0 saturated heterocycles. The average molecular weight is 444 g/mol. The second-order valence-corrected chi connectivity index (χ2v) is 7.27. The van der Waals surface area contributed by atoms with Crippen molar-refractivity contribution in [3.8, 4) is 22.8 Å². The number of amides is 1. The molecule has 1 aliphatic rings. The number of nitrogens with one attached hydrogen (secondary N) is 1. The first-order valence-electron chi connectivity index (χ1n) is 9.41. The maximum absolute atomic E-state index is 12.3. The normalized spacial score (nSPS) is 13.9. The maximum atomic E-state index is 12.3. The molecular weight excluding hydrogens is 426 g/mol. The fraction of sp³-hybridized carbons (Fsp3) is 0.190. The van der Waals surface area contributed by atoms with Gasteiger partial charge in [-0.25, -0.2) is 4.68 Å². The fourth-order valence-electron chi connectivity index (χ4n) is 2.96. The molecule has 4 rings (SSSR count). The minimum atomic E-state index is -2.87. The second kappa shape index (κ2) is 9.09.